The Balaban J connectivity index is 1.40. The van der Waals surface area contributed by atoms with Crippen molar-refractivity contribution in [1.29, 1.82) is 0 Å². The monoisotopic (exact) mass is 413 g/mol. The van der Waals surface area contributed by atoms with Crippen molar-refractivity contribution in [3.63, 3.8) is 0 Å². The fraction of sp³-hybridized carbons (Fsp3) is 0.368. The van der Waals surface area contributed by atoms with Gasteiger partial charge in [0.2, 0.25) is 0 Å². The number of aromatic nitrogens is 4. The highest BCUT2D eigenvalue weighted by Crippen LogP contribution is 2.32. The van der Waals surface area contributed by atoms with E-state index in [1.807, 2.05) is 31.3 Å². The third-order valence-corrected chi connectivity index (χ3v) is 5.11. The Bertz CT molecular complexity index is 911. The Kier molecular flexibility index (Phi) is 4.97. The highest BCUT2D eigenvalue weighted by atomic mass is 79.9. The first-order valence-electron chi connectivity index (χ1n) is 8.79. The Labute approximate surface area is 160 Å². The summed E-state index contributed by atoms with van der Waals surface area (Å²) >= 11 is 3.54. The van der Waals surface area contributed by atoms with E-state index in [4.69, 9.17) is 4.74 Å². The molecule has 0 bridgehead atoms. The first-order chi connectivity index (χ1) is 12.7. The van der Waals surface area contributed by atoms with Crippen LogP contribution in [-0.4, -0.2) is 32.1 Å². The van der Waals surface area contributed by atoms with Gasteiger partial charge in [-0.15, -0.1) is 0 Å². The van der Waals surface area contributed by atoms with Crippen LogP contribution in [0.3, 0.4) is 0 Å². The van der Waals surface area contributed by atoms with Crippen LogP contribution in [0.25, 0.3) is 10.9 Å². The van der Waals surface area contributed by atoms with Crippen LogP contribution >= 0.6 is 15.9 Å². The first-order valence-corrected chi connectivity index (χ1v) is 9.59. The SMILES string of the molecule is Cc1nccc(N[C@H]2CC[C@@H](Oc3cc(Br)cc4ncncc34)CC2)n1. The molecule has 3 aromatic rings. The Morgan fingerprint density at radius 1 is 1.15 bits per heavy atom. The van der Waals surface area contributed by atoms with Gasteiger partial charge in [-0.3, -0.25) is 0 Å². The van der Waals surface area contributed by atoms with Gasteiger partial charge < -0.3 is 10.1 Å². The molecule has 1 aromatic carbocycles. The zero-order chi connectivity index (χ0) is 17.9. The molecule has 1 aliphatic rings. The summed E-state index contributed by atoms with van der Waals surface area (Å²) in [7, 11) is 0. The van der Waals surface area contributed by atoms with Crippen LogP contribution in [-0.2, 0) is 0 Å². The van der Waals surface area contributed by atoms with Gasteiger partial charge in [0.25, 0.3) is 0 Å². The number of nitrogens with zero attached hydrogens (tertiary/aromatic N) is 4. The number of benzene rings is 1. The van der Waals surface area contributed by atoms with Gasteiger partial charge in [-0.1, -0.05) is 15.9 Å². The lowest BCUT2D eigenvalue weighted by Gasteiger charge is -2.30. The minimum atomic E-state index is 0.206. The molecule has 0 spiro atoms. The number of aryl methyl sites for hydroxylation is 1. The minimum absolute atomic E-state index is 0.206. The molecule has 0 aliphatic heterocycles. The van der Waals surface area contributed by atoms with E-state index in [-0.39, 0.29) is 6.10 Å². The second kappa shape index (κ2) is 7.53. The second-order valence-electron chi connectivity index (χ2n) is 6.58. The smallest absolute Gasteiger partial charge is 0.131 e. The van der Waals surface area contributed by atoms with Gasteiger partial charge in [-0.05, 0) is 50.8 Å². The van der Waals surface area contributed by atoms with Gasteiger partial charge in [-0.2, -0.15) is 0 Å². The van der Waals surface area contributed by atoms with Gasteiger partial charge in [0, 0.05) is 22.9 Å². The standard InChI is InChI=1S/C19H20BrN5O/c1-12-22-7-6-19(24-12)25-14-2-4-15(5-3-14)26-18-9-13(20)8-17-16(18)10-21-11-23-17/h6-11,14-15H,2-5H2,1H3,(H,22,24,25)/t14-,15+. The summed E-state index contributed by atoms with van der Waals surface area (Å²) < 4.78 is 7.27. The number of anilines is 1. The molecule has 6 nitrogen and oxygen atoms in total. The number of halogens is 1. The van der Waals surface area contributed by atoms with E-state index in [0.717, 1.165) is 58.5 Å². The van der Waals surface area contributed by atoms with Gasteiger partial charge in [0.1, 0.15) is 23.7 Å². The first kappa shape index (κ1) is 17.1. The van der Waals surface area contributed by atoms with Gasteiger partial charge in [0.15, 0.2) is 0 Å². The molecule has 1 saturated carbocycles. The summed E-state index contributed by atoms with van der Waals surface area (Å²) in [5, 5.41) is 4.46. The molecule has 0 amide bonds. The van der Waals surface area contributed by atoms with E-state index in [1.165, 1.54) is 0 Å². The van der Waals surface area contributed by atoms with E-state index >= 15 is 0 Å². The van der Waals surface area contributed by atoms with Crippen molar-refractivity contribution in [2.45, 2.75) is 44.8 Å². The average Bonchev–Trinajstić information content (AvgIpc) is 2.63. The molecule has 0 atom stereocenters. The van der Waals surface area contributed by atoms with Crippen LogP contribution < -0.4 is 10.1 Å². The van der Waals surface area contributed by atoms with Crippen LogP contribution in [0.5, 0.6) is 5.75 Å². The maximum absolute atomic E-state index is 6.30. The van der Waals surface area contributed by atoms with Crippen LogP contribution in [0.4, 0.5) is 5.82 Å². The lowest BCUT2D eigenvalue weighted by atomic mass is 9.93. The van der Waals surface area contributed by atoms with Gasteiger partial charge in [-0.25, -0.2) is 19.9 Å². The maximum atomic E-state index is 6.30. The summed E-state index contributed by atoms with van der Waals surface area (Å²) in [5.74, 6) is 2.53. The Morgan fingerprint density at radius 2 is 2.00 bits per heavy atom. The molecule has 0 radical (unpaired) electrons. The fourth-order valence-electron chi connectivity index (χ4n) is 3.37. The third-order valence-electron chi connectivity index (χ3n) is 4.65. The lowest BCUT2D eigenvalue weighted by Crippen LogP contribution is -2.31. The molecule has 1 fully saturated rings. The lowest BCUT2D eigenvalue weighted by molar-refractivity contribution is 0.152. The summed E-state index contributed by atoms with van der Waals surface area (Å²) in [4.78, 5) is 17.0. The number of hydrogen-bond acceptors (Lipinski definition) is 6. The molecule has 2 aromatic heterocycles. The Morgan fingerprint density at radius 3 is 2.81 bits per heavy atom. The average molecular weight is 414 g/mol. The van der Waals surface area contributed by atoms with Crippen LogP contribution in [0, 0.1) is 6.92 Å². The predicted molar refractivity (Wildman–Crippen MR) is 104 cm³/mol. The maximum Gasteiger partial charge on any atom is 0.131 e. The van der Waals surface area contributed by atoms with E-state index in [9.17, 15) is 0 Å². The highest BCUT2D eigenvalue weighted by molar-refractivity contribution is 9.10. The number of nitrogens with one attached hydrogen (secondary N) is 1. The molecular weight excluding hydrogens is 394 g/mol. The van der Waals surface area contributed by atoms with Gasteiger partial charge >= 0.3 is 0 Å². The number of fused-ring (bicyclic) bond motifs is 1. The zero-order valence-electron chi connectivity index (χ0n) is 14.5. The van der Waals surface area contributed by atoms with E-state index < -0.39 is 0 Å². The molecule has 1 N–H and O–H groups in total. The highest BCUT2D eigenvalue weighted by Gasteiger charge is 2.23. The van der Waals surface area contributed by atoms with Crippen molar-refractivity contribution < 1.29 is 4.74 Å². The van der Waals surface area contributed by atoms with Crippen molar-refractivity contribution in [2.75, 3.05) is 5.32 Å². The van der Waals surface area contributed by atoms with E-state index in [0.29, 0.717) is 6.04 Å². The van der Waals surface area contributed by atoms with Gasteiger partial charge in [0.05, 0.1) is 17.0 Å². The molecule has 4 rings (SSSR count). The Hall–Kier alpha value is -2.28. The summed E-state index contributed by atoms with van der Waals surface area (Å²) in [6.45, 7) is 1.90. The molecule has 26 heavy (non-hydrogen) atoms. The van der Waals surface area contributed by atoms with E-state index in [1.54, 1.807) is 12.5 Å². The third kappa shape index (κ3) is 3.93. The molecular formula is C19H20BrN5O. The molecule has 0 unspecified atom stereocenters. The van der Waals surface area contributed by atoms with Crippen molar-refractivity contribution in [3.05, 3.63) is 47.2 Å². The topological polar surface area (TPSA) is 72.8 Å². The van der Waals surface area contributed by atoms with Crippen molar-refractivity contribution >= 4 is 32.7 Å². The normalized spacial score (nSPS) is 20.1. The number of hydrogen-bond donors (Lipinski definition) is 1. The minimum Gasteiger partial charge on any atom is -0.490 e. The largest absolute Gasteiger partial charge is 0.490 e. The molecule has 1 aliphatic carbocycles. The van der Waals surface area contributed by atoms with E-state index in [2.05, 4.69) is 41.2 Å². The van der Waals surface area contributed by atoms with Crippen LogP contribution in [0.15, 0.2) is 41.4 Å². The van der Waals surface area contributed by atoms with Crippen molar-refractivity contribution in [3.8, 4) is 5.75 Å². The van der Waals surface area contributed by atoms with Crippen molar-refractivity contribution in [2.24, 2.45) is 0 Å². The quantitative estimate of drug-likeness (QED) is 0.687. The number of ether oxygens (including phenoxy) is 1. The van der Waals surface area contributed by atoms with Crippen molar-refractivity contribution in [1.82, 2.24) is 19.9 Å². The predicted octanol–water partition coefficient (Wildman–Crippen LogP) is 4.29. The number of rotatable bonds is 4. The summed E-state index contributed by atoms with van der Waals surface area (Å²) in [6, 6.07) is 6.32. The zero-order valence-corrected chi connectivity index (χ0v) is 16.1. The summed E-state index contributed by atoms with van der Waals surface area (Å²) in [6.07, 6.45) is 9.48. The molecule has 0 saturated heterocycles. The summed E-state index contributed by atoms with van der Waals surface area (Å²) in [5.41, 5.74) is 0.888. The molecule has 7 heteroatoms. The molecule has 2 heterocycles. The fourth-order valence-corrected chi connectivity index (χ4v) is 3.79. The second-order valence-corrected chi connectivity index (χ2v) is 7.50. The van der Waals surface area contributed by atoms with Crippen LogP contribution in [0.2, 0.25) is 0 Å². The molecule has 134 valence electrons. The van der Waals surface area contributed by atoms with Crippen LogP contribution in [0.1, 0.15) is 31.5 Å².